The molecule has 1 aliphatic rings. The van der Waals surface area contributed by atoms with Crippen molar-refractivity contribution < 1.29 is 19.4 Å². The monoisotopic (exact) mass is 324 g/mol. The number of nitrogens with zero attached hydrogens (tertiary/aromatic N) is 1. The van der Waals surface area contributed by atoms with E-state index in [0.717, 1.165) is 0 Å². The van der Waals surface area contributed by atoms with Gasteiger partial charge in [0.15, 0.2) is 0 Å². The normalized spacial score (nSPS) is 24.9. The minimum Gasteiger partial charge on any atom is -0.465 e. The van der Waals surface area contributed by atoms with Crippen LogP contribution in [0.3, 0.4) is 0 Å². The molecule has 0 aromatic carbocycles. The van der Waals surface area contributed by atoms with Crippen LogP contribution >= 0.6 is 0 Å². The number of hydrogen-bond acceptors (Lipinski definition) is 3. The fraction of sp³-hybridized carbons (Fsp3) is 0.765. The third kappa shape index (κ3) is 4.31. The Morgan fingerprint density at radius 1 is 1.35 bits per heavy atom. The molecule has 6 heteroatoms. The van der Waals surface area contributed by atoms with E-state index in [1.165, 1.54) is 4.90 Å². The van der Waals surface area contributed by atoms with E-state index in [9.17, 15) is 14.7 Å². The van der Waals surface area contributed by atoms with Gasteiger partial charge in [0, 0.05) is 13.0 Å². The number of amides is 2. The highest BCUT2D eigenvalue weighted by Gasteiger charge is 2.54. The van der Waals surface area contributed by atoms with Crippen molar-refractivity contribution in [2.75, 3.05) is 6.54 Å². The van der Waals surface area contributed by atoms with Crippen LogP contribution in [-0.4, -0.2) is 45.9 Å². The molecule has 0 unspecified atom stereocenters. The number of terminal acetylenes is 1. The molecule has 1 heterocycles. The van der Waals surface area contributed by atoms with Crippen LogP contribution in [0.1, 0.15) is 54.4 Å². The third-order valence-electron chi connectivity index (χ3n) is 4.25. The fourth-order valence-electron chi connectivity index (χ4n) is 3.12. The smallest absolute Gasteiger partial charge is 0.407 e. The highest BCUT2D eigenvalue weighted by Crippen LogP contribution is 2.46. The molecule has 0 aromatic rings. The summed E-state index contributed by atoms with van der Waals surface area (Å²) in [6.07, 6.45) is 4.70. The van der Waals surface area contributed by atoms with Gasteiger partial charge in [0.05, 0.1) is 11.6 Å². The van der Waals surface area contributed by atoms with Crippen molar-refractivity contribution in [3.8, 4) is 12.3 Å². The van der Waals surface area contributed by atoms with Gasteiger partial charge in [-0.15, -0.1) is 12.3 Å². The summed E-state index contributed by atoms with van der Waals surface area (Å²) in [5.41, 5.74) is -1.68. The first-order valence-corrected chi connectivity index (χ1v) is 7.76. The molecule has 0 spiro atoms. The van der Waals surface area contributed by atoms with Crippen molar-refractivity contribution in [2.24, 2.45) is 5.41 Å². The van der Waals surface area contributed by atoms with E-state index < -0.39 is 23.3 Å². The lowest BCUT2D eigenvalue weighted by molar-refractivity contribution is 0.0342. The molecule has 0 bridgehead atoms. The zero-order valence-corrected chi connectivity index (χ0v) is 14.9. The van der Waals surface area contributed by atoms with Gasteiger partial charge in [-0.3, -0.25) is 4.90 Å². The number of rotatable bonds is 2. The molecule has 2 N–H and O–H groups in total. The zero-order valence-electron chi connectivity index (χ0n) is 14.9. The minimum atomic E-state index is -1.02. The number of carboxylic acid groups (broad SMARTS) is 1. The highest BCUT2D eigenvalue weighted by molar-refractivity contribution is 5.70. The molecule has 1 saturated heterocycles. The van der Waals surface area contributed by atoms with E-state index in [4.69, 9.17) is 11.2 Å². The van der Waals surface area contributed by atoms with E-state index in [1.54, 1.807) is 20.8 Å². The maximum Gasteiger partial charge on any atom is 0.407 e. The topological polar surface area (TPSA) is 78.9 Å². The largest absolute Gasteiger partial charge is 0.465 e. The average Bonchev–Trinajstić information content (AvgIpc) is 2.66. The quantitative estimate of drug-likeness (QED) is 0.765. The summed E-state index contributed by atoms with van der Waals surface area (Å²) in [6, 6.07) is -0.325. The Morgan fingerprint density at radius 3 is 2.30 bits per heavy atom. The van der Waals surface area contributed by atoms with E-state index in [0.29, 0.717) is 12.8 Å². The maximum atomic E-state index is 12.0. The third-order valence-corrected chi connectivity index (χ3v) is 4.25. The van der Waals surface area contributed by atoms with Gasteiger partial charge < -0.3 is 15.2 Å². The van der Waals surface area contributed by atoms with Gasteiger partial charge in [-0.1, -0.05) is 20.8 Å². The predicted molar refractivity (Wildman–Crippen MR) is 88.1 cm³/mol. The Hall–Kier alpha value is -1.90. The van der Waals surface area contributed by atoms with Gasteiger partial charge >= 0.3 is 12.2 Å². The second-order valence-corrected chi connectivity index (χ2v) is 8.10. The van der Waals surface area contributed by atoms with E-state index in [1.807, 2.05) is 20.8 Å². The van der Waals surface area contributed by atoms with Crippen molar-refractivity contribution in [3.05, 3.63) is 0 Å². The molecule has 1 rings (SSSR count). The first kappa shape index (κ1) is 19.1. The van der Waals surface area contributed by atoms with E-state index in [-0.39, 0.29) is 18.0 Å². The second-order valence-electron chi connectivity index (χ2n) is 8.10. The number of ether oxygens (including phenoxy) is 1. The van der Waals surface area contributed by atoms with Gasteiger partial charge in [0.2, 0.25) is 0 Å². The number of nitrogens with one attached hydrogen (secondary N) is 1. The Kier molecular flexibility index (Phi) is 5.25. The molecule has 0 aromatic heterocycles. The van der Waals surface area contributed by atoms with Crippen molar-refractivity contribution in [1.82, 2.24) is 10.2 Å². The summed E-state index contributed by atoms with van der Waals surface area (Å²) in [5, 5.41) is 12.4. The van der Waals surface area contributed by atoms with Gasteiger partial charge in [0.1, 0.15) is 5.60 Å². The van der Waals surface area contributed by atoms with Crippen molar-refractivity contribution in [3.63, 3.8) is 0 Å². The molecule has 130 valence electrons. The van der Waals surface area contributed by atoms with Crippen LogP contribution in [0.15, 0.2) is 0 Å². The van der Waals surface area contributed by atoms with Crippen LogP contribution in [-0.2, 0) is 4.74 Å². The highest BCUT2D eigenvalue weighted by atomic mass is 16.6. The molecule has 2 atom stereocenters. The lowest BCUT2D eigenvalue weighted by Crippen LogP contribution is -2.55. The maximum absolute atomic E-state index is 12.0. The second kappa shape index (κ2) is 6.31. The van der Waals surface area contributed by atoms with Crippen molar-refractivity contribution >= 4 is 12.2 Å². The van der Waals surface area contributed by atoms with Gasteiger partial charge in [0.25, 0.3) is 0 Å². The molecule has 23 heavy (non-hydrogen) atoms. The predicted octanol–water partition coefficient (Wildman–Crippen LogP) is 3.07. The first-order valence-electron chi connectivity index (χ1n) is 7.76. The number of carbonyl (C=O) groups excluding carboxylic acids is 1. The Morgan fingerprint density at radius 2 is 1.91 bits per heavy atom. The molecule has 0 aliphatic carbocycles. The molecular formula is C17H28N2O4. The SMILES string of the molecule is C#CC[C@]1(C(C)(C)C)C[C@H](NC(=O)OC(C)(C)C)CN1C(=O)O. The van der Waals surface area contributed by atoms with E-state index in [2.05, 4.69) is 11.2 Å². The molecule has 2 amide bonds. The van der Waals surface area contributed by atoms with Gasteiger partial charge in [-0.05, 0) is 32.6 Å². The van der Waals surface area contributed by atoms with Crippen LogP contribution in [0.5, 0.6) is 0 Å². The molecular weight excluding hydrogens is 296 g/mol. The van der Waals surface area contributed by atoms with Crippen LogP contribution in [0, 0.1) is 17.8 Å². The number of likely N-dealkylation sites (tertiary alicyclic amines) is 1. The lowest BCUT2D eigenvalue weighted by atomic mass is 9.69. The number of alkyl carbamates (subject to hydrolysis) is 1. The molecule has 0 saturated carbocycles. The minimum absolute atomic E-state index is 0.202. The summed E-state index contributed by atoms with van der Waals surface area (Å²) in [6.45, 7) is 11.4. The van der Waals surface area contributed by atoms with Gasteiger partial charge in [-0.25, -0.2) is 9.59 Å². The average molecular weight is 324 g/mol. The Balaban J connectivity index is 3.00. The fourth-order valence-corrected chi connectivity index (χ4v) is 3.12. The summed E-state index contributed by atoms with van der Waals surface area (Å²) < 4.78 is 5.25. The van der Waals surface area contributed by atoms with Crippen molar-refractivity contribution in [1.29, 1.82) is 0 Å². The summed E-state index contributed by atoms with van der Waals surface area (Å²) in [4.78, 5) is 25.1. The molecule has 1 aliphatic heterocycles. The number of carbonyl (C=O) groups is 2. The van der Waals surface area contributed by atoms with Crippen LogP contribution in [0.25, 0.3) is 0 Å². The first-order chi connectivity index (χ1) is 10.3. The molecule has 6 nitrogen and oxygen atoms in total. The van der Waals surface area contributed by atoms with Crippen LogP contribution in [0.4, 0.5) is 9.59 Å². The lowest BCUT2D eigenvalue weighted by Gasteiger charge is -2.46. The molecule has 1 fully saturated rings. The summed E-state index contributed by atoms with van der Waals surface area (Å²) in [5.74, 6) is 2.61. The summed E-state index contributed by atoms with van der Waals surface area (Å²) in [7, 11) is 0. The van der Waals surface area contributed by atoms with Gasteiger partial charge in [-0.2, -0.15) is 0 Å². The zero-order chi connectivity index (χ0) is 18.1. The van der Waals surface area contributed by atoms with Crippen LogP contribution in [0.2, 0.25) is 0 Å². The Labute approximate surface area is 138 Å². The number of hydrogen-bond donors (Lipinski definition) is 2. The molecule has 0 radical (unpaired) electrons. The standard InChI is InChI=1S/C17H28N2O4/c1-8-9-17(15(2,3)4)10-12(11-19(17)14(21)22)18-13(20)23-16(5,6)7/h1,12H,9-11H2,2-7H3,(H,18,20)(H,21,22)/t12-,17+/m0/s1. The van der Waals surface area contributed by atoms with E-state index >= 15 is 0 Å². The summed E-state index contributed by atoms with van der Waals surface area (Å²) >= 11 is 0. The Bertz CT molecular complexity index is 510. The van der Waals surface area contributed by atoms with Crippen LogP contribution < -0.4 is 5.32 Å². The van der Waals surface area contributed by atoms with Crippen molar-refractivity contribution in [2.45, 2.75) is 71.6 Å².